The minimum Gasteiger partial charge on any atom is -0.461 e. The standard InChI is InChI=1S/C13H23NO9/c1-13(2,3)23-12(20)14-4-7(15)21-5-6-8(16)9(17)10(18)11(19)22-6/h6,8-11,16-19H,4-5H2,1-3H3,(H,14,20)/t6-,8+,9-,10+,11-/m0/s1. The molecule has 1 amide bonds. The minimum absolute atomic E-state index is 0.467. The van der Waals surface area contributed by atoms with Gasteiger partial charge in [0.15, 0.2) is 6.29 Å². The molecule has 0 radical (unpaired) electrons. The Hall–Kier alpha value is -1.46. The Labute approximate surface area is 133 Å². The van der Waals surface area contributed by atoms with E-state index in [1.54, 1.807) is 20.8 Å². The lowest BCUT2D eigenvalue weighted by molar-refractivity contribution is -0.287. The first-order valence-corrected chi connectivity index (χ1v) is 7.01. The van der Waals surface area contributed by atoms with E-state index >= 15 is 0 Å². The average molecular weight is 337 g/mol. The fourth-order valence-electron chi connectivity index (χ4n) is 1.75. The second-order valence-corrected chi connectivity index (χ2v) is 6.08. The molecule has 134 valence electrons. The summed E-state index contributed by atoms with van der Waals surface area (Å²) in [7, 11) is 0. The third-order valence-electron chi connectivity index (χ3n) is 2.87. The molecule has 0 unspecified atom stereocenters. The number of rotatable bonds is 4. The normalized spacial score (nSPS) is 31.3. The molecule has 0 spiro atoms. The summed E-state index contributed by atoms with van der Waals surface area (Å²) in [4.78, 5) is 22.8. The molecule has 10 heteroatoms. The Balaban J connectivity index is 2.34. The highest BCUT2D eigenvalue weighted by Crippen LogP contribution is 2.20. The van der Waals surface area contributed by atoms with Crippen LogP contribution in [0.5, 0.6) is 0 Å². The van der Waals surface area contributed by atoms with Crippen molar-refractivity contribution in [1.82, 2.24) is 5.32 Å². The molecule has 0 aromatic rings. The van der Waals surface area contributed by atoms with Crippen molar-refractivity contribution >= 4 is 12.1 Å². The van der Waals surface area contributed by atoms with Crippen molar-refractivity contribution in [2.24, 2.45) is 0 Å². The molecule has 1 rings (SSSR count). The molecule has 0 aromatic heterocycles. The Kier molecular flexibility index (Phi) is 6.71. The zero-order valence-electron chi connectivity index (χ0n) is 13.1. The van der Waals surface area contributed by atoms with Crippen LogP contribution in [0.1, 0.15) is 20.8 Å². The van der Waals surface area contributed by atoms with Gasteiger partial charge in [-0.2, -0.15) is 0 Å². The van der Waals surface area contributed by atoms with Crippen LogP contribution in [0.4, 0.5) is 4.79 Å². The first-order valence-electron chi connectivity index (χ1n) is 7.01. The number of carbonyl (C=O) groups is 2. The van der Waals surface area contributed by atoms with Gasteiger partial charge in [0.05, 0.1) is 0 Å². The van der Waals surface area contributed by atoms with Crippen LogP contribution in [0, 0.1) is 0 Å². The van der Waals surface area contributed by atoms with E-state index in [0.29, 0.717) is 0 Å². The van der Waals surface area contributed by atoms with Crippen LogP contribution in [0.15, 0.2) is 0 Å². The number of hydrogen-bond acceptors (Lipinski definition) is 9. The number of aliphatic hydroxyl groups is 4. The van der Waals surface area contributed by atoms with Gasteiger partial charge in [0.25, 0.3) is 0 Å². The van der Waals surface area contributed by atoms with Crippen molar-refractivity contribution in [2.75, 3.05) is 13.2 Å². The van der Waals surface area contributed by atoms with E-state index in [2.05, 4.69) is 5.32 Å². The highest BCUT2D eigenvalue weighted by molar-refractivity contribution is 5.78. The number of amides is 1. The van der Waals surface area contributed by atoms with Gasteiger partial charge in [0, 0.05) is 0 Å². The molecule has 0 aliphatic carbocycles. The van der Waals surface area contributed by atoms with Crippen molar-refractivity contribution in [1.29, 1.82) is 0 Å². The zero-order chi connectivity index (χ0) is 17.8. The van der Waals surface area contributed by atoms with E-state index in [-0.39, 0.29) is 0 Å². The number of ether oxygens (including phenoxy) is 3. The zero-order valence-corrected chi connectivity index (χ0v) is 13.1. The number of hydrogen-bond donors (Lipinski definition) is 5. The smallest absolute Gasteiger partial charge is 0.408 e. The molecule has 0 aromatic carbocycles. The van der Waals surface area contributed by atoms with E-state index in [1.807, 2.05) is 0 Å². The SMILES string of the molecule is CC(C)(C)OC(=O)NCC(=O)OC[C@@H]1O[C@H](O)[C@H](O)[C@@H](O)[C@@H]1O. The van der Waals surface area contributed by atoms with Gasteiger partial charge in [-0.15, -0.1) is 0 Å². The number of esters is 1. The summed E-state index contributed by atoms with van der Waals surface area (Å²) in [5, 5.41) is 39.9. The van der Waals surface area contributed by atoms with Gasteiger partial charge in [-0.25, -0.2) is 4.79 Å². The summed E-state index contributed by atoms with van der Waals surface area (Å²) >= 11 is 0. The van der Waals surface area contributed by atoms with Crippen LogP contribution in [0.25, 0.3) is 0 Å². The Bertz CT molecular complexity index is 422. The predicted molar refractivity (Wildman–Crippen MR) is 74.1 cm³/mol. The van der Waals surface area contributed by atoms with Crippen molar-refractivity contribution in [3.05, 3.63) is 0 Å². The number of carbonyl (C=O) groups excluding carboxylic acids is 2. The van der Waals surface area contributed by atoms with Gasteiger partial charge >= 0.3 is 12.1 Å². The monoisotopic (exact) mass is 337 g/mol. The van der Waals surface area contributed by atoms with Gasteiger partial charge < -0.3 is 40.0 Å². The molecule has 10 nitrogen and oxygen atoms in total. The summed E-state index contributed by atoms with van der Waals surface area (Å²) in [5.41, 5.74) is -0.707. The molecular formula is C13H23NO9. The Morgan fingerprint density at radius 2 is 1.70 bits per heavy atom. The molecule has 1 heterocycles. The van der Waals surface area contributed by atoms with Gasteiger partial charge in [0.1, 0.15) is 43.2 Å². The number of nitrogens with one attached hydrogen (secondary N) is 1. The summed E-state index contributed by atoms with van der Waals surface area (Å²) in [6.07, 6.45) is -8.56. The molecular weight excluding hydrogens is 314 g/mol. The van der Waals surface area contributed by atoms with Crippen molar-refractivity contribution in [3.63, 3.8) is 0 Å². The lowest BCUT2D eigenvalue weighted by Crippen LogP contribution is -2.58. The summed E-state index contributed by atoms with van der Waals surface area (Å²) < 4.78 is 14.5. The Morgan fingerprint density at radius 1 is 1.09 bits per heavy atom. The van der Waals surface area contributed by atoms with Crippen LogP contribution in [0.3, 0.4) is 0 Å². The summed E-state index contributed by atoms with van der Waals surface area (Å²) in [6.45, 7) is 4.05. The van der Waals surface area contributed by atoms with E-state index in [4.69, 9.17) is 14.2 Å². The lowest BCUT2D eigenvalue weighted by atomic mass is 9.99. The fourth-order valence-corrected chi connectivity index (χ4v) is 1.75. The largest absolute Gasteiger partial charge is 0.461 e. The van der Waals surface area contributed by atoms with Crippen LogP contribution in [0.2, 0.25) is 0 Å². The third-order valence-corrected chi connectivity index (χ3v) is 2.87. The molecule has 5 atom stereocenters. The molecule has 23 heavy (non-hydrogen) atoms. The van der Waals surface area contributed by atoms with Crippen LogP contribution in [-0.2, 0) is 19.0 Å². The molecule has 0 saturated carbocycles. The van der Waals surface area contributed by atoms with E-state index < -0.39 is 61.5 Å². The highest BCUT2D eigenvalue weighted by atomic mass is 16.7. The van der Waals surface area contributed by atoms with Crippen molar-refractivity contribution in [3.8, 4) is 0 Å². The maximum Gasteiger partial charge on any atom is 0.408 e. The molecule has 1 fully saturated rings. The van der Waals surface area contributed by atoms with E-state index in [9.17, 15) is 30.0 Å². The van der Waals surface area contributed by atoms with Gasteiger partial charge in [0.2, 0.25) is 0 Å². The lowest BCUT2D eigenvalue weighted by Gasteiger charge is -2.37. The van der Waals surface area contributed by atoms with Gasteiger partial charge in [-0.05, 0) is 20.8 Å². The second kappa shape index (κ2) is 7.88. The number of alkyl carbamates (subject to hydrolysis) is 1. The van der Waals surface area contributed by atoms with Gasteiger partial charge in [-0.3, -0.25) is 4.79 Å². The first-order chi connectivity index (χ1) is 10.5. The fraction of sp³-hybridized carbons (Fsp3) is 0.846. The molecule has 1 aliphatic heterocycles. The van der Waals surface area contributed by atoms with Crippen molar-refractivity contribution < 1.29 is 44.2 Å². The molecule has 1 saturated heterocycles. The maximum atomic E-state index is 11.5. The topological polar surface area (TPSA) is 155 Å². The highest BCUT2D eigenvalue weighted by Gasteiger charge is 2.43. The number of aliphatic hydroxyl groups excluding tert-OH is 4. The molecule has 5 N–H and O–H groups in total. The summed E-state index contributed by atoms with van der Waals surface area (Å²) in [5.74, 6) is -0.832. The van der Waals surface area contributed by atoms with Crippen LogP contribution in [-0.4, -0.2) is 81.9 Å². The summed E-state index contributed by atoms with van der Waals surface area (Å²) in [6, 6.07) is 0. The third kappa shape index (κ3) is 6.28. The van der Waals surface area contributed by atoms with Crippen molar-refractivity contribution in [2.45, 2.75) is 57.1 Å². The molecule has 1 aliphatic rings. The minimum atomic E-state index is -1.71. The first kappa shape index (κ1) is 19.6. The van der Waals surface area contributed by atoms with Crippen LogP contribution < -0.4 is 5.32 Å². The van der Waals surface area contributed by atoms with E-state index in [0.717, 1.165) is 0 Å². The second-order valence-electron chi connectivity index (χ2n) is 6.08. The van der Waals surface area contributed by atoms with Gasteiger partial charge in [-0.1, -0.05) is 0 Å². The maximum absolute atomic E-state index is 11.5. The predicted octanol–water partition coefficient (Wildman–Crippen LogP) is -2.15. The molecule has 0 bridgehead atoms. The average Bonchev–Trinajstić information content (AvgIpc) is 2.43. The Morgan fingerprint density at radius 3 is 2.26 bits per heavy atom. The van der Waals surface area contributed by atoms with E-state index in [1.165, 1.54) is 0 Å². The van der Waals surface area contributed by atoms with Crippen LogP contribution >= 0.6 is 0 Å². The quantitative estimate of drug-likeness (QED) is 0.361.